The number of hydrogen-bond donors (Lipinski definition) is 0. The lowest BCUT2D eigenvalue weighted by Gasteiger charge is -2.22. The van der Waals surface area contributed by atoms with Crippen molar-refractivity contribution in [3.63, 3.8) is 0 Å². The van der Waals surface area contributed by atoms with Crippen molar-refractivity contribution in [3.05, 3.63) is 0 Å². The summed E-state index contributed by atoms with van der Waals surface area (Å²) in [4.78, 5) is 11.5. The molecule has 0 radical (unpaired) electrons. The fourth-order valence-electron chi connectivity index (χ4n) is 4.11. The molecule has 0 N–H and O–H groups in total. The first-order valence-electron chi connectivity index (χ1n) is 15.2. The predicted molar refractivity (Wildman–Crippen MR) is 158 cm³/mol. The monoisotopic (exact) mass is 538 g/mol. The van der Waals surface area contributed by atoms with Gasteiger partial charge in [0.25, 0.3) is 7.82 Å². The second-order valence-electron chi connectivity index (χ2n) is 10.5. The van der Waals surface area contributed by atoms with Crippen molar-refractivity contribution in [1.82, 2.24) is 0 Å². The van der Waals surface area contributed by atoms with Crippen LogP contribution in [0, 0.1) is 0 Å². The average Bonchev–Trinajstić information content (AvgIpc) is 2.84. The lowest BCUT2D eigenvalue weighted by Crippen LogP contribution is -2.10. The maximum Gasteiger partial charge on any atom is 0.267 e. The molecule has 214 valence electrons. The van der Waals surface area contributed by atoms with Crippen molar-refractivity contribution < 1.29 is 18.5 Å². The normalized spacial score (nSPS) is 12.0. The van der Waals surface area contributed by atoms with Gasteiger partial charge in [-0.05, 0) is 32.1 Å². The minimum atomic E-state index is -4.07. The van der Waals surface area contributed by atoms with E-state index in [1.54, 1.807) is 18.5 Å². The topological polar surface area (TPSA) is 58.6 Å². The molecular formula is C29H64O4P2. The molecule has 0 aromatic rings. The molecule has 0 aliphatic rings. The Balaban J connectivity index is 0. The van der Waals surface area contributed by atoms with Crippen molar-refractivity contribution in [2.45, 2.75) is 150 Å². The molecule has 35 heavy (non-hydrogen) atoms. The number of phosphoric ester groups is 1. The third-order valence-corrected chi connectivity index (χ3v) is 11.8. The van der Waals surface area contributed by atoms with Gasteiger partial charge in [0.2, 0.25) is 0 Å². The molecule has 0 saturated heterocycles. The van der Waals surface area contributed by atoms with Crippen molar-refractivity contribution in [2.24, 2.45) is 0 Å². The number of hydrogen-bond acceptors (Lipinski definition) is 4. The third-order valence-electron chi connectivity index (χ3n) is 6.65. The van der Waals surface area contributed by atoms with E-state index in [1.807, 2.05) is 0 Å². The van der Waals surface area contributed by atoms with Crippen LogP contribution in [0.15, 0.2) is 0 Å². The number of unbranched alkanes of at least 4 members (excludes halogenated alkanes) is 13. The van der Waals surface area contributed by atoms with E-state index in [0.29, 0.717) is 0 Å². The molecule has 0 aromatic carbocycles. The summed E-state index contributed by atoms with van der Waals surface area (Å²) in [5.74, 6) is 0. The van der Waals surface area contributed by atoms with Gasteiger partial charge in [-0.15, -0.1) is 0 Å². The molecule has 6 heteroatoms. The van der Waals surface area contributed by atoms with E-state index >= 15 is 0 Å². The van der Waals surface area contributed by atoms with Gasteiger partial charge >= 0.3 is 0 Å². The summed E-state index contributed by atoms with van der Waals surface area (Å²) in [6.07, 6.45) is 26.6. The van der Waals surface area contributed by atoms with Crippen LogP contribution in [-0.4, -0.2) is 38.4 Å². The van der Waals surface area contributed by atoms with Gasteiger partial charge < -0.3 is 13.9 Å². The first-order chi connectivity index (χ1) is 16.8. The van der Waals surface area contributed by atoms with E-state index in [9.17, 15) is 9.46 Å². The molecule has 0 bridgehead atoms. The van der Waals surface area contributed by atoms with Gasteiger partial charge in [-0.3, -0.25) is 4.57 Å². The van der Waals surface area contributed by atoms with E-state index in [1.165, 1.54) is 77.0 Å². The van der Waals surface area contributed by atoms with E-state index in [2.05, 4.69) is 41.3 Å². The summed E-state index contributed by atoms with van der Waals surface area (Å²) >= 11 is 0. The molecule has 0 amide bonds. The van der Waals surface area contributed by atoms with Gasteiger partial charge in [-0.1, -0.05) is 118 Å². The zero-order valence-corrected chi connectivity index (χ0v) is 26.6. The zero-order valence-electron chi connectivity index (χ0n) is 24.8. The first-order valence-corrected chi connectivity index (χ1v) is 19.5. The Labute approximate surface area is 222 Å². The molecule has 4 nitrogen and oxygen atoms in total. The smallest absolute Gasteiger partial charge is 0.267 e. The maximum atomic E-state index is 11.5. The van der Waals surface area contributed by atoms with Gasteiger partial charge in [0, 0.05) is 13.9 Å². The van der Waals surface area contributed by atoms with Crippen LogP contribution in [0.25, 0.3) is 0 Å². The standard InChI is InChI=1S/C16H35O4P.C13H30P/c1-3-5-7-9-11-13-15-19-21(17,18)20-16-14-12-10-8-6-4-2;1-5-8-11-14(4,12-9-6-2)13-10-7-3/h3-16H2,1-2H3,(H,17,18);5-13H2,1-4H3/q;+1/p-1. The molecule has 0 rings (SSSR count). The lowest BCUT2D eigenvalue weighted by atomic mass is 10.1. The van der Waals surface area contributed by atoms with Crippen LogP contribution in [0.2, 0.25) is 0 Å². The van der Waals surface area contributed by atoms with Crippen LogP contribution in [-0.2, 0) is 13.6 Å². The van der Waals surface area contributed by atoms with Crippen LogP contribution in [0.4, 0.5) is 0 Å². The second kappa shape index (κ2) is 27.6. The van der Waals surface area contributed by atoms with Crippen molar-refractivity contribution in [2.75, 3.05) is 38.4 Å². The van der Waals surface area contributed by atoms with Crippen LogP contribution in [0.5, 0.6) is 0 Å². The first kappa shape index (κ1) is 37.7. The molecule has 0 heterocycles. The van der Waals surface area contributed by atoms with Crippen LogP contribution in [0.1, 0.15) is 150 Å². The van der Waals surface area contributed by atoms with Crippen LogP contribution < -0.4 is 4.89 Å². The van der Waals surface area contributed by atoms with E-state index in [4.69, 9.17) is 9.05 Å². The van der Waals surface area contributed by atoms with Crippen LogP contribution in [0.3, 0.4) is 0 Å². The second-order valence-corrected chi connectivity index (χ2v) is 16.5. The zero-order chi connectivity index (χ0) is 26.7. The number of phosphoric acid groups is 1. The van der Waals surface area contributed by atoms with E-state index in [-0.39, 0.29) is 13.2 Å². The Bertz CT molecular complexity index is 416. The fraction of sp³-hybridized carbons (Fsp3) is 1.00. The highest BCUT2D eigenvalue weighted by Crippen LogP contribution is 2.57. The Kier molecular flexibility index (Phi) is 29.7. The Morgan fingerprint density at radius 3 is 1.11 bits per heavy atom. The quantitative estimate of drug-likeness (QED) is 0.0857. The number of rotatable bonds is 25. The molecule has 0 aliphatic heterocycles. The highest BCUT2D eigenvalue weighted by molar-refractivity contribution is 7.75. The molecule has 0 saturated carbocycles. The summed E-state index contributed by atoms with van der Waals surface area (Å²) in [5.41, 5.74) is 0. The Hall–Kier alpha value is 0.540. The Morgan fingerprint density at radius 2 is 0.800 bits per heavy atom. The molecule has 0 unspecified atom stereocenters. The van der Waals surface area contributed by atoms with Crippen LogP contribution >= 0.6 is 15.1 Å². The molecule has 0 atom stereocenters. The highest BCUT2D eigenvalue weighted by Gasteiger charge is 2.28. The molecule has 0 fully saturated rings. The minimum absolute atomic E-state index is 0.253. The third kappa shape index (κ3) is 29.0. The fourth-order valence-corrected chi connectivity index (χ4v) is 8.80. The maximum absolute atomic E-state index is 11.5. The van der Waals surface area contributed by atoms with Crippen molar-refractivity contribution >= 4 is 15.1 Å². The molecular weight excluding hydrogens is 474 g/mol. The molecule has 0 aliphatic carbocycles. The van der Waals surface area contributed by atoms with E-state index in [0.717, 1.165) is 38.5 Å². The van der Waals surface area contributed by atoms with Crippen molar-refractivity contribution in [3.8, 4) is 0 Å². The van der Waals surface area contributed by atoms with Gasteiger partial charge in [0.1, 0.15) is 0 Å². The summed E-state index contributed by atoms with van der Waals surface area (Å²) in [7, 11) is -4.58. The minimum Gasteiger partial charge on any atom is -0.756 e. The molecule has 0 spiro atoms. The van der Waals surface area contributed by atoms with Gasteiger partial charge in [-0.2, -0.15) is 0 Å². The highest BCUT2D eigenvalue weighted by atomic mass is 31.2. The van der Waals surface area contributed by atoms with Gasteiger partial charge in [0.05, 0.1) is 31.7 Å². The van der Waals surface area contributed by atoms with Gasteiger partial charge in [0.15, 0.2) is 0 Å². The lowest BCUT2D eigenvalue weighted by molar-refractivity contribution is -0.225. The largest absolute Gasteiger partial charge is 0.756 e. The summed E-state index contributed by atoms with van der Waals surface area (Å²) in [6.45, 7) is 14.5. The summed E-state index contributed by atoms with van der Waals surface area (Å²) in [6, 6.07) is 0. The van der Waals surface area contributed by atoms with E-state index < -0.39 is 15.1 Å². The molecule has 0 aromatic heterocycles. The Morgan fingerprint density at radius 1 is 0.514 bits per heavy atom. The average molecular weight is 539 g/mol. The van der Waals surface area contributed by atoms with Gasteiger partial charge in [-0.25, -0.2) is 0 Å². The summed E-state index contributed by atoms with van der Waals surface area (Å²) in [5, 5.41) is 0. The predicted octanol–water partition coefficient (Wildman–Crippen LogP) is 10.2. The SMILES string of the molecule is CCCCCCCCOP(=O)([O-])OCCCCCCCC.CCCC[P+](C)(CCCC)CCCC. The summed E-state index contributed by atoms with van der Waals surface area (Å²) < 4.78 is 21.2. The van der Waals surface area contributed by atoms with Crippen molar-refractivity contribution in [1.29, 1.82) is 0 Å².